The molecule has 2 aromatic rings. The molecule has 1 atom stereocenters. The van der Waals surface area contributed by atoms with Gasteiger partial charge in [0.15, 0.2) is 0 Å². The largest absolute Gasteiger partial charge is 0.306 e. The normalized spacial score (nSPS) is 17.0. The van der Waals surface area contributed by atoms with Crippen LogP contribution in [0.15, 0.2) is 36.0 Å². The lowest BCUT2D eigenvalue weighted by Gasteiger charge is -2.17. The Morgan fingerprint density at radius 2 is 2.00 bits per heavy atom. The monoisotopic (exact) mass is 244 g/mol. The van der Waals surface area contributed by atoms with E-state index in [1.165, 1.54) is 16.0 Å². The van der Waals surface area contributed by atoms with Gasteiger partial charge in [-0.05, 0) is 30.9 Å². The van der Waals surface area contributed by atoms with Gasteiger partial charge in [-0.25, -0.2) is 0 Å². The van der Waals surface area contributed by atoms with E-state index >= 15 is 0 Å². The highest BCUT2D eigenvalue weighted by Gasteiger charge is 2.22. The summed E-state index contributed by atoms with van der Waals surface area (Å²) in [5, 5.41) is 3.70. The molecule has 1 unspecified atom stereocenters. The first-order valence-electron chi connectivity index (χ1n) is 6.04. The molecule has 1 aliphatic rings. The van der Waals surface area contributed by atoms with Crippen LogP contribution in [0.25, 0.3) is 0 Å². The van der Waals surface area contributed by atoms with E-state index in [0.29, 0.717) is 12.1 Å². The van der Waals surface area contributed by atoms with Crippen LogP contribution in [0.3, 0.4) is 0 Å². The molecule has 0 fully saturated rings. The Morgan fingerprint density at radius 1 is 1.29 bits per heavy atom. The van der Waals surface area contributed by atoms with E-state index in [1.807, 2.05) is 11.7 Å². The first-order valence-corrected chi connectivity index (χ1v) is 6.92. The standard InChI is InChI=1S/C14H16N2S/c1-10(14-8-15-9-17-14)16-13-6-11-4-2-3-5-12(11)7-13/h2-5,8-10,13,16H,6-7H2,1H3. The molecule has 1 N–H and O–H groups in total. The Kier molecular flexibility index (Phi) is 2.95. The number of hydrogen-bond donors (Lipinski definition) is 1. The molecule has 1 aromatic heterocycles. The van der Waals surface area contributed by atoms with Crippen molar-refractivity contribution in [2.75, 3.05) is 0 Å². The van der Waals surface area contributed by atoms with E-state index in [-0.39, 0.29) is 0 Å². The highest BCUT2D eigenvalue weighted by atomic mass is 32.1. The molecule has 17 heavy (non-hydrogen) atoms. The third kappa shape index (κ3) is 2.26. The second kappa shape index (κ2) is 4.59. The third-order valence-corrected chi connectivity index (χ3v) is 4.37. The van der Waals surface area contributed by atoms with Crippen LogP contribution in [0.5, 0.6) is 0 Å². The Balaban J connectivity index is 1.66. The second-order valence-electron chi connectivity index (χ2n) is 4.67. The number of aromatic nitrogens is 1. The van der Waals surface area contributed by atoms with Gasteiger partial charge in [0.2, 0.25) is 0 Å². The SMILES string of the molecule is CC(NC1Cc2ccccc2C1)c1cncs1. The minimum absolute atomic E-state index is 0.404. The van der Waals surface area contributed by atoms with E-state index < -0.39 is 0 Å². The van der Waals surface area contributed by atoms with Crippen LogP contribution >= 0.6 is 11.3 Å². The molecular formula is C14H16N2S. The molecule has 1 heterocycles. The van der Waals surface area contributed by atoms with Gasteiger partial charge in [0.25, 0.3) is 0 Å². The Bertz CT molecular complexity index is 468. The molecule has 0 bridgehead atoms. The van der Waals surface area contributed by atoms with Crippen molar-refractivity contribution >= 4 is 11.3 Å². The summed E-state index contributed by atoms with van der Waals surface area (Å²) in [5.41, 5.74) is 4.90. The zero-order valence-electron chi connectivity index (χ0n) is 9.89. The van der Waals surface area contributed by atoms with Crippen molar-refractivity contribution in [3.8, 4) is 0 Å². The summed E-state index contributed by atoms with van der Waals surface area (Å²) in [6.07, 6.45) is 4.27. The number of nitrogens with one attached hydrogen (secondary N) is 1. The van der Waals surface area contributed by atoms with E-state index in [0.717, 1.165) is 12.8 Å². The zero-order valence-corrected chi connectivity index (χ0v) is 10.7. The van der Waals surface area contributed by atoms with Crippen molar-refractivity contribution in [1.29, 1.82) is 0 Å². The van der Waals surface area contributed by atoms with E-state index in [2.05, 4.69) is 41.5 Å². The molecule has 0 spiro atoms. The summed E-state index contributed by atoms with van der Waals surface area (Å²) < 4.78 is 0. The molecule has 1 aromatic carbocycles. The molecule has 88 valence electrons. The van der Waals surface area contributed by atoms with Crippen LogP contribution in [0, 0.1) is 0 Å². The summed E-state index contributed by atoms with van der Waals surface area (Å²) in [6, 6.07) is 9.73. The van der Waals surface area contributed by atoms with Gasteiger partial charge < -0.3 is 5.32 Å². The fourth-order valence-electron chi connectivity index (χ4n) is 2.55. The molecule has 0 saturated carbocycles. The number of benzene rings is 1. The van der Waals surface area contributed by atoms with Gasteiger partial charge in [-0.1, -0.05) is 24.3 Å². The average molecular weight is 244 g/mol. The van der Waals surface area contributed by atoms with Gasteiger partial charge in [-0.2, -0.15) is 0 Å². The predicted octanol–water partition coefficient (Wildman–Crippen LogP) is 2.96. The lowest BCUT2D eigenvalue weighted by molar-refractivity contribution is 0.471. The topological polar surface area (TPSA) is 24.9 Å². The molecule has 0 saturated heterocycles. The van der Waals surface area contributed by atoms with E-state index in [9.17, 15) is 0 Å². The first-order chi connectivity index (χ1) is 8.33. The molecule has 0 amide bonds. The Labute approximate surface area is 106 Å². The summed E-state index contributed by atoms with van der Waals surface area (Å²) in [5.74, 6) is 0. The molecule has 3 rings (SSSR count). The fraction of sp³-hybridized carbons (Fsp3) is 0.357. The van der Waals surface area contributed by atoms with Crippen molar-refractivity contribution in [2.45, 2.75) is 31.8 Å². The van der Waals surface area contributed by atoms with Gasteiger partial charge in [-0.3, -0.25) is 4.98 Å². The zero-order chi connectivity index (χ0) is 11.7. The summed E-state index contributed by atoms with van der Waals surface area (Å²) in [4.78, 5) is 5.46. The van der Waals surface area contributed by atoms with E-state index in [4.69, 9.17) is 0 Å². The minimum atomic E-state index is 0.404. The molecular weight excluding hydrogens is 228 g/mol. The summed E-state index contributed by atoms with van der Waals surface area (Å²) >= 11 is 1.72. The smallest absolute Gasteiger partial charge is 0.0794 e. The van der Waals surface area contributed by atoms with Crippen molar-refractivity contribution in [2.24, 2.45) is 0 Å². The van der Waals surface area contributed by atoms with Crippen molar-refractivity contribution in [3.63, 3.8) is 0 Å². The maximum absolute atomic E-state index is 4.14. The van der Waals surface area contributed by atoms with Gasteiger partial charge >= 0.3 is 0 Å². The van der Waals surface area contributed by atoms with Crippen LogP contribution in [-0.2, 0) is 12.8 Å². The predicted molar refractivity (Wildman–Crippen MR) is 71.3 cm³/mol. The van der Waals surface area contributed by atoms with Crippen LogP contribution in [0.1, 0.15) is 29.0 Å². The summed E-state index contributed by atoms with van der Waals surface area (Å²) in [6.45, 7) is 2.22. The van der Waals surface area contributed by atoms with Crippen LogP contribution in [0.4, 0.5) is 0 Å². The van der Waals surface area contributed by atoms with Crippen LogP contribution in [0.2, 0.25) is 0 Å². The quantitative estimate of drug-likeness (QED) is 0.898. The lowest BCUT2D eigenvalue weighted by atomic mass is 10.1. The van der Waals surface area contributed by atoms with Gasteiger partial charge in [-0.15, -0.1) is 11.3 Å². The van der Waals surface area contributed by atoms with Crippen molar-refractivity contribution in [3.05, 3.63) is 52.0 Å². The van der Waals surface area contributed by atoms with Gasteiger partial charge in [0, 0.05) is 23.2 Å². The highest BCUT2D eigenvalue weighted by Crippen LogP contribution is 2.24. The van der Waals surface area contributed by atoms with E-state index in [1.54, 1.807) is 11.3 Å². The van der Waals surface area contributed by atoms with Gasteiger partial charge in [0.1, 0.15) is 0 Å². The number of thiazole rings is 1. The average Bonchev–Trinajstić information content (AvgIpc) is 2.97. The second-order valence-corrected chi connectivity index (χ2v) is 5.58. The Morgan fingerprint density at radius 3 is 2.59 bits per heavy atom. The van der Waals surface area contributed by atoms with Crippen LogP contribution < -0.4 is 5.32 Å². The molecule has 1 aliphatic carbocycles. The molecule has 0 aliphatic heterocycles. The number of rotatable bonds is 3. The number of fused-ring (bicyclic) bond motifs is 1. The van der Waals surface area contributed by atoms with Crippen molar-refractivity contribution in [1.82, 2.24) is 10.3 Å². The lowest BCUT2D eigenvalue weighted by Crippen LogP contribution is -2.31. The van der Waals surface area contributed by atoms with Gasteiger partial charge in [0.05, 0.1) is 5.51 Å². The van der Waals surface area contributed by atoms with Crippen molar-refractivity contribution < 1.29 is 0 Å². The van der Waals surface area contributed by atoms with Crippen LogP contribution in [-0.4, -0.2) is 11.0 Å². The maximum Gasteiger partial charge on any atom is 0.0794 e. The molecule has 0 radical (unpaired) electrons. The number of nitrogens with zero attached hydrogens (tertiary/aromatic N) is 1. The minimum Gasteiger partial charge on any atom is -0.306 e. The maximum atomic E-state index is 4.14. The molecule has 3 heteroatoms. The first kappa shape index (κ1) is 10.9. The Hall–Kier alpha value is -1.19. The summed E-state index contributed by atoms with van der Waals surface area (Å²) in [7, 11) is 0. The third-order valence-electron chi connectivity index (χ3n) is 3.41. The molecule has 2 nitrogen and oxygen atoms in total. The highest BCUT2D eigenvalue weighted by molar-refractivity contribution is 7.09. The fourth-order valence-corrected chi connectivity index (χ4v) is 3.19. The number of hydrogen-bond acceptors (Lipinski definition) is 3.